The molecule has 1 spiro atoms. The number of carbonyl (C=O) groups excluding carboxylic acids is 1. The van der Waals surface area contributed by atoms with E-state index in [2.05, 4.69) is 43.8 Å². The van der Waals surface area contributed by atoms with Gasteiger partial charge in [-0.3, -0.25) is 4.79 Å². The van der Waals surface area contributed by atoms with Gasteiger partial charge in [0, 0.05) is 35.0 Å². The van der Waals surface area contributed by atoms with Crippen LogP contribution in [0.2, 0.25) is 0 Å². The van der Waals surface area contributed by atoms with Crippen LogP contribution in [-0.2, 0) is 19.0 Å². The molecule has 3 saturated carbocycles. The fraction of sp³-hybridized carbons (Fsp3) is 0.900. The Balaban J connectivity index is 1.37. The van der Waals surface area contributed by atoms with Crippen molar-refractivity contribution in [3.05, 3.63) is 22.1 Å². The van der Waals surface area contributed by atoms with Crippen LogP contribution in [0.3, 0.4) is 0 Å². The largest absolute Gasteiger partial charge is 0.461 e. The quantitative estimate of drug-likeness (QED) is 0.130. The molecule has 0 aromatic carbocycles. The van der Waals surface area contributed by atoms with Gasteiger partial charge in [0.2, 0.25) is 0 Å². The van der Waals surface area contributed by atoms with Crippen LogP contribution in [0.25, 0.3) is 10.4 Å². The summed E-state index contributed by atoms with van der Waals surface area (Å²) in [6.07, 6.45) is 7.02. The van der Waals surface area contributed by atoms with Gasteiger partial charge >= 0.3 is 5.97 Å². The Morgan fingerprint density at radius 3 is 2.74 bits per heavy atom. The van der Waals surface area contributed by atoms with Gasteiger partial charge in [-0.25, -0.2) is 4.39 Å². The first kappa shape index (κ1) is 26.6. The minimum absolute atomic E-state index is 0.0554. The summed E-state index contributed by atoms with van der Waals surface area (Å²) in [5, 5.41) is 3.81. The minimum atomic E-state index is -1.14. The molecule has 2 heterocycles. The summed E-state index contributed by atoms with van der Waals surface area (Å²) in [5.41, 5.74) is 9.80. The zero-order valence-electron chi connectivity index (χ0n) is 23.6. The summed E-state index contributed by atoms with van der Waals surface area (Å²) in [6, 6.07) is -0.578. The third-order valence-electron chi connectivity index (χ3n) is 12.1. The third-order valence-corrected chi connectivity index (χ3v) is 12.1. The molecular formula is C30H44FN3O4. The Morgan fingerprint density at radius 1 is 1.26 bits per heavy atom. The van der Waals surface area contributed by atoms with E-state index in [0.29, 0.717) is 37.0 Å². The van der Waals surface area contributed by atoms with Crippen LogP contribution in [0.1, 0.15) is 86.0 Å². The number of esters is 1. The highest BCUT2D eigenvalue weighted by Crippen LogP contribution is 2.70. The molecule has 0 radical (unpaired) electrons. The zero-order chi connectivity index (χ0) is 27.0. The molecule has 38 heavy (non-hydrogen) atoms. The second-order valence-electron chi connectivity index (χ2n) is 13.9. The van der Waals surface area contributed by atoms with E-state index >= 15 is 4.39 Å². The predicted octanol–water partition coefficient (Wildman–Crippen LogP) is 6.91. The Labute approximate surface area is 225 Å². The van der Waals surface area contributed by atoms with Gasteiger partial charge in [-0.15, -0.1) is 0 Å². The fourth-order valence-corrected chi connectivity index (χ4v) is 10.0. The summed E-state index contributed by atoms with van der Waals surface area (Å²) >= 11 is 0. The van der Waals surface area contributed by atoms with Gasteiger partial charge in [0.15, 0.2) is 5.79 Å². The fourth-order valence-electron chi connectivity index (χ4n) is 10.0. The first-order valence-corrected chi connectivity index (χ1v) is 15.0. The summed E-state index contributed by atoms with van der Waals surface area (Å²) < 4.78 is 35.0. The van der Waals surface area contributed by atoms with Crippen molar-refractivity contribution in [3.63, 3.8) is 0 Å². The lowest BCUT2D eigenvalue weighted by atomic mass is 9.44. The minimum Gasteiger partial charge on any atom is -0.461 e. The van der Waals surface area contributed by atoms with Crippen molar-refractivity contribution in [2.75, 3.05) is 6.61 Å². The Bertz CT molecular complexity index is 1050. The number of carbonyl (C=O) groups is 1. The lowest BCUT2D eigenvalue weighted by molar-refractivity contribution is -0.265. The molecule has 0 unspecified atom stereocenters. The van der Waals surface area contributed by atoms with Gasteiger partial charge in [0.05, 0.1) is 18.8 Å². The van der Waals surface area contributed by atoms with Crippen LogP contribution in [0.15, 0.2) is 16.8 Å². The molecule has 2 aliphatic heterocycles. The van der Waals surface area contributed by atoms with E-state index < -0.39 is 18.0 Å². The summed E-state index contributed by atoms with van der Waals surface area (Å²) in [4.78, 5) is 15.7. The number of hydrogen-bond acceptors (Lipinski definition) is 5. The standard InChI is InChI=1S/C30H44FN3O4/c1-6-26(35)37-25-13-20-19(8-7-18-11-23(33-34-32)22(31)14-28(18,20)4)21-12-24-27(29(21,25)5)17(3)30(38-24)10-9-16(2)15-36-30/h12,16-20,22-25,27H,6-11,13-15H2,1-5H3/t16-,17-,18-,19+,20-,22-,23+,24-,25-,27-,28-,29+,30+/m0/s1. The molecule has 2 saturated heterocycles. The number of halogens is 1. The van der Waals surface area contributed by atoms with Crippen LogP contribution < -0.4 is 0 Å². The Morgan fingerprint density at radius 2 is 2.05 bits per heavy atom. The van der Waals surface area contributed by atoms with Gasteiger partial charge < -0.3 is 14.2 Å². The monoisotopic (exact) mass is 529 g/mol. The maximum Gasteiger partial charge on any atom is 0.305 e. The normalized spacial score (nSPS) is 53.2. The van der Waals surface area contributed by atoms with E-state index in [0.717, 1.165) is 38.7 Å². The first-order valence-electron chi connectivity index (χ1n) is 15.0. The second-order valence-corrected chi connectivity index (χ2v) is 13.9. The van der Waals surface area contributed by atoms with E-state index in [4.69, 9.17) is 19.7 Å². The number of fused-ring (bicyclic) bond motifs is 7. The van der Waals surface area contributed by atoms with E-state index in [1.165, 1.54) is 5.57 Å². The molecule has 210 valence electrons. The van der Waals surface area contributed by atoms with Gasteiger partial charge in [-0.2, -0.15) is 0 Å². The van der Waals surface area contributed by atoms with E-state index in [1.54, 1.807) is 0 Å². The number of alkyl halides is 1. The summed E-state index contributed by atoms with van der Waals surface area (Å²) in [5.74, 6) is 1.01. The molecule has 0 aromatic heterocycles. The molecule has 5 fully saturated rings. The highest BCUT2D eigenvalue weighted by atomic mass is 19.1. The highest BCUT2D eigenvalue weighted by molar-refractivity contribution is 5.69. The highest BCUT2D eigenvalue weighted by Gasteiger charge is 2.70. The molecule has 0 aromatic rings. The van der Waals surface area contributed by atoms with Crippen LogP contribution in [0.4, 0.5) is 4.39 Å². The number of nitrogens with zero attached hydrogens (tertiary/aromatic N) is 3. The van der Waals surface area contributed by atoms with Crippen LogP contribution in [0, 0.1) is 46.3 Å². The maximum atomic E-state index is 15.4. The lowest BCUT2D eigenvalue weighted by Gasteiger charge is -2.61. The summed E-state index contributed by atoms with van der Waals surface area (Å²) in [7, 11) is 0. The van der Waals surface area contributed by atoms with Crippen molar-refractivity contribution >= 4 is 5.97 Å². The number of ether oxygens (including phenoxy) is 3. The molecule has 0 N–H and O–H groups in total. The van der Waals surface area contributed by atoms with Crippen LogP contribution in [-0.4, -0.2) is 42.8 Å². The van der Waals surface area contributed by atoms with Gasteiger partial charge in [-0.1, -0.05) is 51.4 Å². The Hall–Kier alpha value is -1.63. The van der Waals surface area contributed by atoms with Gasteiger partial charge in [0.25, 0.3) is 0 Å². The topological polar surface area (TPSA) is 93.5 Å². The van der Waals surface area contributed by atoms with E-state index in [1.807, 2.05) is 6.92 Å². The molecule has 13 atom stereocenters. The van der Waals surface area contributed by atoms with Crippen molar-refractivity contribution in [1.82, 2.24) is 0 Å². The number of azide groups is 1. The lowest BCUT2D eigenvalue weighted by Crippen LogP contribution is -2.59. The van der Waals surface area contributed by atoms with Crippen molar-refractivity contribution < 1.29 is 23.4 Å². The predicted molar refractivity (Wildman–Crippen MR) is 140 cm³/mol. The Kier molecular flexibility index (Phi) is 6.44. The van der Waals surface area contributed by atoms with Crippen molar-refractivity contribution in [2.24, 2.45) is 51.5 Å². The second kappa shape index (κ2) is 9.21. The molecule has 8 heteroatoms. The van der Waals surface area contributed by atoms with Crippen molar-refractivity contribution in [1.29, 1.82) is 0 Å². The van der Waals surface area contributed by atoms with Crippen LogP contribution in [0.5, 0.6) is 0 Å². The van der Waals surface area contributed by atoms with Crippen molar-refractivity contribution in [2.45, 2.75) is 116 Å². The molecule has 4 aliphatic carbocycles. The van der Waals surface area contributed by atoms with E-state index in [-0.39, 0.29) is 46.8 Å². The smallest absolute Gasteiger partial charge is 0.305 e. The summed E-state index contributed by atoms with van der Waals surface area (Å²) in [6.45, 7) is 11.6. The van der Waals surface area contributed by atoms with Gasteiger partial charge in [-0.05, 0) is 73.1 Å². The molecule has 0 amide bonds. The maximum absolute atomic E-state index is 15.4. The van der Waals surface area contributed by atoms with Gasteiger partial charge in [0.1, 0.15) is 12.3 Å². The average molecular weight is 530 g/mol. The number of rotatable bonds is 3. The van der Waals surface area contributed by atoms with Crippen LogP contribution >= 0.6 is 0 Å². The molecular weight excluding hydrogens is 485 g/mol. The van der Waals surface area contributed by atoms with E-state index in [9.17, 15) is 4.79 Å². The van der Waals surface area contributed by atoms with Crippen molar-refractivity contribution in [3.8, 4) is 0 Å². The molecule has 6 aliphatic rings. The third kappa shape index (κ3) is 3.65. The zero-order valence-corrected chi connectivity index (χ0v) is 23.6. The molecule has 0 bridgehead atoms. The SMILES string of the molecule is CCC(=O)O[C@H]1C[C@H]2[C@@H](CC[C@H]3C[C@@H](N=[N+]=[N-])[C@@H](F)C[C@@]32C)C2=C[C@@H]3O[C@]4(CC[C@H](C)CO4)[C@@H](C)[C@@H]3[C@]21C. The first-order chi connectivity index (χ1) is 18.1. The molecule has 6 rings (SSSR count). The molecule has 7 nitrogen and oxygen atoms in total. The average Bonchev–Trinajstić information content (AvgIpc) is 3.33. The number of hydrogen-bond donors (Lipinski definition) is 0.